The Hall–Kier alpha value is -1.80. The van der Waals surface area contributed by atoms with Crippen LogP contribution >= 0.6 is 0 Å². The first kappa shape index (κ1) is 13.6. The molecule has 0 radical (unpaired) electrons. The van der Waals surface area contributed by atoms with E-state index in [-0.39, 0.29) is 0 Å². The molecular formula is C17H22N2. The van der Waals surface area contributed by atoms with Gasteiger partial charge in [-0.05, 0) is 31.5 Å². The van der Waals surface area contributed by atoms with Gasteiger partial charge < -0.3 is 5.32 Å². The van der Waals surface area contributed by atoms with Crippen LogP contribution in [0.25, 0.3) is 0 Å². The zero-order valence-corrected chi connectivity index (χ0v) is 11.7. The van der Waals surface area contributed by atoms with Crippen LogP contribution in [0.5, 0.6) is 0 Å². The average molecular weight is 254 g/mol. The van der Waals surface area contributed by atoms with Gasteiger partial charge in [0.1, 0.15) is 0 Å². The van der Waals surface area contributed by atoms with Crippen molar-refractivity contribution in [2.45, 2.75) is 26.4 Å². The Morgan fingerprint density at radius 1 is 0.895 bits per heavy atom. The molecule has 2 rings (SSSR count). The van der Waals surface area contributed by atoms with Gasteiger partial charge in [0, 0.05) is 18.3 Å². The standard InChI is InChI=1S/C17H22N2/c1-15(2)19(13-16-9-5-3-6-10-16)14-18-17-11-7-4-8-12-17/h3-12,15,18H,13-14H2,1-2H3. The van der Waals surface area contributed by atoms with Crippen molar-refractivity contribution in [1.29, 1.82) is 0 Å². The van der Waals surface area contributed by atoms with Crippen molar-refractivity contribution in [1.82, 2.24) is 4.90 Å². The van der Waals surface area contributed by atoms with Crippen LogP contribution in [0.4, 0.5) is 5.69 Å². The maximum absolute atomic E-state index is 3.47. The van der Waals surface area contributed by atoms with Crippen molar-refractivity contribution >= 4 is 5.69 Å². The van der Waals surface area contributed by atoms with Gasteiger partial charge in [-0.25, -0.2) is 0 Å². The minimum absolute atomic E-state index is 0.511. The summed E-state index contributed by atoms with van der Waals surface area (Å²) in [5.41, 5.74) is 2.52. The third kappa shape index (κ3) is 4.42. The molecule has 100 valence electrons. The molecule has 0 amide bonds. The van der Waals surface area contributed by atoms with Crippen LogP contribution in [0, 0.1) is 0 Å². The second-order valence-corrected chi connectivity index (χ2v) is 5.03. The first-order valence-corrected chi connectivity index (χ1v) is 6.82. The largest absolute Gasteiger partial charge is 0.372 e. The van der Waals surface area contributed by atoms with Crippen molar-refractivity contribution in [3.63, 3.8) is 0 Å². The topological polar surface area (TPSA) is 15.3 Å². The third-order valence-corrected chi connectivity index (χ3v) is 3.22. The minimum Gasteiger partial charge on any atom is -0.372 e. The predicted molar refractivity (Wildman–Crippen MR) is 82.1 cm³/mol. The zero-order chi connectivity index (χ0) is 13.5. The van der Waals surface area contributed by atoms with Gasteiger partial charge in [-0.3, -0.25) is 4.90 Å². The fourth-order valence-electron chi connectivity index (χ4n) is 1.99. The Morgan fingerprint density at radius 3 is 2.05 bits per heavy atom. The highest BCUT2D eigenvalue weighted by atomic mass is 15.2. The number of hydrogen-bond acceptors (Lipinski definition) is 2. The first-order valence-electron chi connectivity index (χ1n) is 6.82. The lowest BCUT2D eigenvalue weighted by Crippen LogP contribution is -2.34. The van der Waals surface area contributed by atoms with Crippen LogP contribution in [0.2, 0.25) is 0 Å². The summed E-state index contributed by atoms with van der Waals surface area (Å²) in [5, 5.41) is 3.47. The molecule has 0 heterocycles. The van der Waals surface area contributed by atoms with E-state index in [0.717, 1.165) is 13.2 Å². The van der Waals surface area contributed by atoms with E-state index in [4.69, 9.17) is 0 Å². The number of rotatable bonds is 6. The lowest BCUT2D eigenvalue weighted by atomic mass is 10.2. The van der Waals surface area contributed by atoms with Crippen LogP contribution in [0.15, 0.2) is 60.7 Å². The molecule has 0 aliphatic rings. The monoisotopic (exact) mass is 254 g/mol. The molecule has 2 nitrogen and oxygen atoms in total. The molecule has 0 saturated carbocycles. The Bertz CT molecular complexity index is 465. The fraction of sp³-hybridized carbons (Fsp3) is 0.294. The van der Waals surface area contributed by atoms with Crippen LogP contribution in [0.3, 0.4) is 0 Å². The molecule has 0 aromatic heterocycles. The van der Waals surface area contributed by atoms with Crippen molar-refractivity contribution in [3.8, 4) is 0 Å². The summed E-state index contributed by atoms with van der Waals surface area (Å²) in [6.45, 7) is 6.29. The molecule has 1 N–H and O–H groups in total. The van der Waals surface area contributed by atoms with E-state index in [1.807, 2.05) is 6.07 Å². The molecule has 0 spiro atoms. The molecule has 0 saturated heterocycles. The summed E-state index contributed by atoms with van der Waals surface area (Å²) in [5.74, 6) is 0. The Kier molecular flexibility index (Phi) is 4.99. The Balaban J connectivity index is 1.93. The van der Waals surface area contributed by atoms with Gasteiger partial charge in [0.15, 0.2) is 0 Å². The van der Waals surface area contributed by atoms with E-state index in [2.05, 4.69) is 78.7 Å². The summed E-state index contributed by atoms with van der Waals surface area (Å²) >= 11 is 0. The quantitative estimate of drug-likeness (QED) is 0.785. The summed E-state index contributed by atoms with van der Waals surface area (Å²) in [6.07, 6.45) is 0. The molecule has 0 bridgehead atoms. The highest BCUT2D eigenvalue weighted by Gasteiger charge is 2.09. The molecule has 19 heavy (non-hydrogen) atoms. The fourth-order valence-corrected chi connectivity index (χ4v) is 1.99. The van der Waals surface area contributed by atoms with Gasteiger partial charge in [0.25, 0.3) is 0 Å². The number of anilines is 1. The Labute approximate surface area is 116 Å². The average Bonchev–Trinajstić information content (AvgIpc) is 2.45. The number of para-hydroxylation sites is 1. The summed E-state index contributed by atoms with van der Waals surface area (Å²) in [7, 11) is 0. The molecule has 0 atom stereocenters. The maximum atomic E-state index is 3.47. The van der Waals surface area contributed by atoms with Gasteiger partial charge in [0.05, 0.1) is 6.67 Å². The van der Waals surface area contributed by atoms with Crippen molar-refractivity contribution in [3.05, 3.63) is 66.2 Å². The number of hydrogen-bond donors (Lipinski definition) is 1. The van der Waals surface area contributed by atoms with Crippen molar-refractivity contribution < 1.29 is 0 Å². The number of nitrogens with one attached hydrogen (secondary N) is 1. The molecular weight excluding hydrogens is 232 g/mol. The zero-order valence-electron chi connectivity index (χ0n) is 11.7. The summed E-state index contributed by atoms with van der Waals surface area (Å²) in [6, 6.07) is 21.5. The van der Waals surface area contributed by atoms with E-state index in [1.54, 1.807) is 0 Å². The smallest absolute Gasteiger partial charge is 0.0683 e. The van der Waals surface area contributed by atoms with E-state index in [9.17, 15) is 0 Å². The van der Waals surface area contributed by atoms with Gasteiger partial charge in [-0.1, -0.05) is 48.5 Å². The molecule has 0 unspecified atom stereocenters. The summed E-state index contributed by atoms with van der Waals surface area (Å²) in [4.78, 5) is 2.42. The van der Waals surface area contributed by atoms with E-state index in [0.29, 0.717) is 6.04 Å². The number of benzene rings is 2. The van der Waals surface area contributed by atoms with Crippen molar-refractivity contribution in [2.75, 3.05) is 12.0 Å². The van der Waals surface area contributed by atoms with E-state index in [1.165, 1.54) is 11.3 Å². The highest BCUT2D eigenvalue weighted by molar-refractivity contribution is 5.42. The molecule has 2 aromatic carbocycles. The number of nitrogens with zero attached hydrogens (tertiary/aromatic N) is 1. The van der Waals surface area contributed by atoms with Crippen molar-refractivity contribution in [2.24, 2.45) is 0 Å². The lowest BCUT2D eigenvalue weighted by Gasteiger charge is -2.27. The Morgan fingerprint density at radius 2 is 1.47 bits per heavy atom. The second-order valence-electron chi connectivity index (χ2n) is 5.03. The molecule has 0 aliphatic carbocycles. The second kappa shape index (κ2) is 6.95. The summed E-state index contributed by atoms with van der Waals surface area (Å²) < 4.78 is 0. The lowest BCUT2D eigenvalue weighted by molar-refractivity contribution is 0.229. The third-order valence-electron chi connectivity index (χ3n) is 3.22. The molecule has 0 aliphatic heterocycles. The molecule has 2 heteroatoms. The van der Waals surface area contributed by atoms with Gasteiger partial charge in [0.2, 0.25) is 0 Å². The highest BCUT2D eigenvalue weighted by Crippen LogP contribution is 2.10. The normalized spacial score (nSPS) is 10.9. The maximum Gasteiger partial charge on any atom is 0.0683 e. The van der Waals surface area contributed by atoms with Crippen LogP contribution in [-0.4, -0.2) is 17.6 Å². The molecule has 2 aromatic rings. The van der Waals surface area contributed by atoms with Gasteiger partial charge >= 0.3 is 0 Å². The van der Waals surface area contributed by atoms with Gasteiger partial charge in [-0.15, -0.1) is 0 Å². The molecule has 0 fully saturated rings. The predicted octanol–water partition coefficient (Wildman–Crippen LogP) is 3.97. The van der Waals surface area contributed by atoms with E-state index >= 15 is 0 Å². The van der Waals surface area contributed by atoms with Crippen LogP contribution in [-0.2, 0) is 6.54 Å². The first-order chi connectivity index (χ1) is 9.25. The van der Waals surface area contributed by atoms with Gasteiger partial charge in [-0.2, -0.15) is 0 Å². The van der Waals surface area contributed by atoms with E-state index < -0.39 is 0 Å². The minimum atomic E-state index is 0.511. The SMILES string of the molecule is CC(C)N(CNc1ccccc1)Cc1ccccc1. The van der Waals surface area contributed by atoms with Crippen LogP contribution in [0.1, 0.15) is 19.4 Å². The van der Waals surface area contributed by atoms with Crippen LogP contribution < -0.4 is 5.32 Å².